The molecule has 0 heterocycles. The Kier molecular flexibility index (Phi) is 35.7. The van der Waals surface area contributed by atoms with Crippen LogP contribution in [0.15, 0.2) is 0 Å². The summed E-state index contributed by atoms with van der Waals surface area (Å²) in [6, 6.07) is 0. The van der Waals surface area contributed by atoms with Gasteiger partial charge in [0.1, 0.15) is 12.9 Å². The maximum absolute atomic E-state index is 9.28. The quantitative estimate of drug-likeness (QED) is 0.466. The van der Waals surface area contributed by atoms with E-state index >= 15 is 0 Å². The predicted octanol–water partition coefficient (Wildman–Crippen LogP) is -1.09. The van der Waals surface area contributed by atoms with Crippen molar-refractivity contribution in [1.29, 1.82) is 0 Å². The second kappa shape index (κ2) is 15.7. The smallest absolute Gasteiger partial charge is 0 e. The van der Waals surface area contributed by atoms with Gasteiger partial charge in [-0.05, 0) is 0 Å². The maximum Gasteiger partial charge on any atom is 0 e. The Morgan fingerprint density at radius 3 is 2.14 bits per heavy atom. The summed E-state index contributed by atoms with van der Waals surface area (Å²) >= 11 is 0. The topological polar surface area (TPSA) is 26.3 Å². The number of carbonyl (C=O) groups is 1. The van der Waals surface area contributed by atoms with E-state index in [9.17, 15) is 4.79 Å². The molecule has 0 radical (unpaired) electrons. The molecule has 0 aromatic heterocycles. The molecule has 0 spiro atoms. The van der Waals surface area contributed by atoms with Crippen molar-refractivity contribution in [3.05, 3.63) is 0 Å². The summed E-state index contributed by atoms with van der Waals surface area (Å²) in [6.07, 6.45) is 0.708. The van der Waals surface area contributed by atoms with Crippen molar-refractivity contribution in [1.82, 2.24) is 0 Å². The van der Waals surface area contributed by atoms with Crippen LogP contribution in [0.3, 0.4) is 0 Å². The molecule has 0 atom stereocenters. The van der Waals surface area contributed by atoms with Gasteiger partial charge in [0.25, 0.3) is 0 Å². The molecule has 4 heteroatoms. The molecule has 0 saturated heterocycles. The Balaban J connectivity index is -0.0000000800. The molecule has 0 aliphatic carbocycles. The third kappa shape index (κ3) is 18.1. The zero-order chi connectivity index (χ0) is 4.12. The van der Waals surface area contributed by atoms with E-state index in [0.29, 0.717) is 6.29 Å². The van der Waals surface area contributed by atoms with Crippen molar-refractivity contribution in [2.75, 3.05) is 13.7 Å². The molecule has 0 aliphatic heterocycles. The minimum absolute atomic E-state index is 0. The normalized spacial score (nSPS) is 5.29. The van der Waals surface area contributed by atoms with Crippen molar-refractivity contribution >= 4 is 55.2 Å². The van der Waals surface area contributed by atoms with Gasteiger partial charge in [-0.1, -0.05) is 0 Å². The van der Waals surface area contributed by atoms with Gasteiger partial charge in [0.05, 0.1) is 0 Å². The third-order valence-electron chi connectivity index (χ3n) is 0.235. The van der Waals surface area contributed by atoms with Gasteiger partial charge in [0.15, 0.2) is 0 Å². The molecule has 0 rings (SSSR count). The SMILES string of the molecule is COCC=O.[BaH2].[Ti]. The van der Waals surface area contributed by atoms with E-state index in [0.717, 1.165) is 0 Å². The molecule has 0 bridgehead atoms. The molecular weight excluding hydrogens is 253 g/mol. The monoisotopic (exact) mass is 262 g/mol. The van der Waals surface area contributed by atoms with Gasteiger partial charge in [-0.2, -0.15) is 0 Å². The zero-order valence-corrected chi connectivity index (χ0v) is 5.16. The Morgan fingerprint density at radius 2 is 2.14 bits per heavy atom. The first-order valence-electron chi connectivity index (χ1n) is 1.34. The molecule has 0 fully saturated rings. The van der Waals surface area contributed by atoms with Crippen LogP contribution in [0.5, 0.6) is 0 Å². The van der Waals surface area contributed by atoms with E-state index in [4.69, 9.17) is 0 Å². The summed E-state index contributed by atoms with van der Waals surface area (Å²) in [5.41, 5.74) is 0. The second-order valence-corrected chi connectivity index (χ2v) is 0.622. The number of methoxy groups -OCH3 is 1. The molecule has 0 saturated carbocycles. The number of hydrogen-bond acceptors (Lipinski definition) is 2. The summed E-state index contributed by atoms with van der Waals surface area (Å²) in [5.74, 6) is 0. The number of rotatable bonds is 2. The Bertz CT molecular complexity index is 34.1. The van der Waals surface area contributed by atoms with Crippen molar-refractivity contribution in [2.45, 2.75) is 0 Å². The Morgan fingerprint density at radius 1 is 1.71 bits per heavy atom. The van der Waals surface area contributed by atoms with Crippen LogP contribution in [0.4, 0.5) is 0 Å². The van der Waals surface area contributed by atoms with Crippen molar-refractivity contribution in [3.8, 4) is 0 Å². The van der Waals surface area contributed by atoms with Crippen LogP contribution in [0.1, 0.15) is 0 Å². The standard InChI is InChI=1S/C3H6O2.Ba.Ti.2H/c1-5-3-2-4;;;;/h2H,3H2,1H3;;;;. The molecule has 0 amide bonds. The minimum Gasteiger partial charge on any atom is 0 e. The predicted molar refractivity (Wildman–Crippen MR) is 26.5 cm³/mol. The van der Waals surface area contributed by atoms with Crippen LogP contribution >= 0.6 is 0 Å². The molecule has 0 aromatic carbocycles. The van der Waals surface area contributed by atoms with Crippen LogP contribution in [-0.4, -0.2) is 68.9 Å². The minimum atomic E-state index is 0. The maximum atomic E-state index is 9.28. The first-order chi connectivity index (χ1) is 2.41. The summed E-state index contributed by atoms with van der Waals surface area (Å²) in [6.45, 7) is 0.208. The first-order valence-corrected chi connectivity index (χ1v) is 1.34. The summed E-state index contributed by atoms with van der Waals surface area (Å²) in [7, 11) is 1.48. The third-order valence-corrected chi connectivity index (χ3v) is 0.235. The molecular formula is C3H8BaO2Ti. The molecule has 0 aromatic rings. The summed E-state index contributed by atoms with van der Waals surface area (Å²) < 4.78 is 4.32. The van der Waals surface area contributed by atoms with Gasteiger partial charge in [0, 0.05) is 28.8 Å². The second-order valence-electron chi connectivity index (χ2n) is 0.622. The number of carbonyl (C=O) groups excluding carboxylic acids is 1. The van der Waals surface area contributed by atoms with E-state index in [2.05, 4.69) is 4.74 Å². The molecule has 0 N–H and O–H groups in total. The number of hydrogen-bond donors (Lipinski definition) is 0. The summed E-state index contributed by atoms with van der Waals surface area (Å²) in [4.78, 5) is 9.28. The van der Waals surface area contributed by atoms with Crippen LogP contribution < -0.4 is 0 Å². The van der Waals surface area contributed by atoms with Crippen LogP contribution in [-0.2, 0) is 31.2 Å². The van der Waals surface area contributed by atoms with Gasteiger partial charge >= 0.3 is 48.9 Å². The van der Waals surface area contributed by atoms with Gasteiger partial charge < -0.3 is 9.53 Å². The molecule has 0 aliphatic rings. The fourth-order valence-corrected chi connectivity index (χ4v) is 0.0680. The van der Waals surface area contributed by atoms with Crippen LogP contribution in [0.25, 0.3) is 0 Å². The fraction of sp³-hybridized carbons (Fsp3) is 0.667. The van der Waals surface area contributed by atoms with Crippen molar-refractivity contribution in [2.24, 2.45) is 0 Å². The van der Waals surface area contributed by atoms with E-state index in [1.165, 1.54) is 7.11 Å². The average molecular weight is 261 g/mol. The van der Waals surface area contributed by atoms with E-state index in [1.54, 1.807) is 0 Å². The average Bonchev–Trinajstić information content (AvgIpc) is 1.41. The Labute approximate surface area is 98.3 Å². The van der Waals surface area contributed by atoms with E-state index in [1.807, 2.05) is 0 Å². The summed E-state index contributed by atoms with van der Waals surface area (Å²) in [5, 5.41) is 0. The van der Waals surface area contributed by atoms with E-state index in [-0.39, 0.29) is 77.2 Å². The van der Waals surface area contributed by atoms with Gasteiger partial charge in [-0.15, -0.1) is 0 Å². The largest absolute Gasteiger partial charge is 0 e. The molecule has 38 valence electrons. The van der Waals surface area contributed by atoms with Gasteiger partial charge in [-0.3, -0.25) is 0 Å². The van der Waals surface area contributed by atoms with Crippen LogP contribution in [0.2, 0.25) is 0 Å². The van der Waals surface area contributed by atoms with Crippen molar-refractivity contribution in [3.63, 3.8) is 0 Å². The van der Waals surface area contributed by atoms with Crippen molar-refractivity contribution < 1.29 is 31.2 Å². The molecule has 7 heavy (non-hydrogen) atoms. The first kappa shape index (κ1) is 16.0. The van der Waals surface area contributed by atoms with Gasteiger partial charge in [-0.25, -0.2) is 0 Å². The fourth-order valence-electron chi connectivity index (χ4n) is 0.0680. The van der Waals surface area contributed by atoms with Crippen LogP contribution in [0, 0.1) is 0 Å². The number of aldehydes is 1. The molecule has 0 unspecified atom stereocenters. The van der Waals surface area contributed by atoms with Gasteiger partial charge in [0.2, 0.25) is 0 Å². The molecule has 2 nitrogen and oxygen atoms in total. The Hall–Kier alpha value is 1.92. The number of ether oxygens (including phenoxy) is 1. The zero-order valence-electron chi connectivity index (χ0n) is 3.60. The van der Waals surface area contributed by atoms with E-state index < -0.39 is 0 Å².